The van der Waals surface area contributed by atoms with Gasteiger partial charge in [-0.15, -0.1) is 0 Å². The van der Waals surface area contributed by atoms with Gasteiger partial charge in [-0.05, 0) is 30.3 Å². The second-order valence-corrected chi connectivity index (χ2v) is 5.12. The summed E-state index contributed by atoms with van der Waals surface area (Å²) in [5.41, 5.74) is 2.28. The van der Waals surface area contributed by atoms with Gasteiger partial charge in [0.2, 0.25) is 5.95 Å². The summed E-state index contributed by atoms with van der Waals surface area (Å²) in [6.45, 7) is 0. The molecule has 0 aliphatic heterocycles. The highest BCUT2D eigenvalue weighted by atomic mass is 15.1. The van der Waals surface area contributed by atoms with Crippen molar-refractivity contribution in [2.45, 2.75) is 0 Å². The van der Waals surface area contributed by atoms with Crippen LogP contribution in [0.2, 0.25) is 0 Å². The Morgan fingerprint density at radius 3 is 2.36 bits per heavy atom. The minimum Gasteiger partial charge on any atom is -0.309 e. The maximum atomic E-state index is 4.62. The van der Waals surface area contributed by atoms with Crippen molar-refractivity contribution in [1.82, 2.24) is 29.9 Å². The first-order valence-corrected chi connectivity index (χ1v) is 7.63. The smallest absolute Gasteiger partial charge is 0.228 e. The maximum Gasteiger partial charge on any atom is 0.228 e. The van der Waals surface area contributed by atoms with Crippen LogP contribution in [0, 0.1) is 0 Å². The molecule has 0 saturated carbocycles. The lowest BCUT2D eigenvalue weighted by molar-refractivity contribution is 1.12. The third-order valence-electron chi connectivity index (χ3n) is 3.38. The molecular weight excluding hydrogens is 314 g/mol. The van der Waals surface area contributed by atoms with Crippen molar-refractivity contribution in [1.29, 1.82) is 0 Å². The van der Waals surface area contributed by atoms with Gasteiger partial charge in [0.25, 0.3) is 0 Å². The van der Waals surface area contributed by atoms with Crippen LogP contribution in [0.3, 0.4) is 0 Å². The number of anilines is 2. The highest BCUT2D eigenvalue weighted by Gasteiger charge is 2.10. The normalized spacial score (nSPS) is 10.4. The van der Waals surface area contributed by atoms with Gasteiger partial charge in [0, 0.05) is 42.6 Å². The summed E-state index contributed by atoms with van der Waals surface area (Å²) >= 11 is 0. The standard InChI is InChI=1S/C18H13N7/c1-2-8-20-14(6-1)15-11-16(25-18-21-9-4-10-22-18)24-17(23-15)13-5-3-7-19-12-13/h1-12H,(H,21,22,23,24,25). The van der Waals surface area contributed by atoms with E-state index in [0.717, 1.165) is 11.3 Å². The predicted octanol–water partition coefficient (Wildman–Crippen LogP) is 3.13. The van der Waals surface area contributed by atoms with Crippen LogP contribution >= 0.6 is 0 Å². The number of pyridine rings is 2. The summed E-state index contributed by atoms with van der Waals surface area (Å²) < 4.78 is 0. The predicted molar refractivity (Wildman–Crippen MR) is 93.8 cm³/mol. The van der Waals surface area contributed by atoms with Crippen molar-refractivity contribution in [3.8, 4) is 22.8 Å². The van der Waals surface area contributed by atoms with E-state index in [4.69, 9.17) is 0 Å². The zero-order valence-corrected chi connectivity index (χ0v) is 13.1. The topological polar surface area (TPSA) is 89.4 Å². The van der Waals surface area contributed by atoms with E-state index in [1.54, 1.807) is 37.1 Å². The molecule has 0 amide bonds. The molecule has 7 nitrogen and oxygen atoms in total. The summed E-state index contributed by atoms with van der Waals surface area (Å²) in [5.74, 6) is 1.60. The van der Waals surface area contributed by atoms with Crippen LogP contribution in [0.15, 0.2) is 73.4 Å². The molecule has 0 radical (unpaired) electrons. The summed E-state index contributed by atoms with van der Waals surface area (Å²) in [6, 6.07) is 13.0. The molecule has 4 aromatic heterocycles. The van der Waals surface area contributed by atoms with Crippen molar-refractivity contribution in [3.05, 3.63) is 73.4 Å². The highest BCUT2D eigenvalue weighted by molar-refractivity contribution is 5.66. The zero-order chi connectivity index (χ0) is 16.9. The average Bonchev–Trinajstić information content (AvgIpc) is 2.70. The zero-order valence-electron chi connectivity index (χ0n) is 13.1. The molecular formula is C18H13N7. The molecule has 1 N–H and O–H groups in total. The molecule has 120 valence electrons. The minimum absolute atomic E-state index is 0.463. The Hall–Kier alpha value is -3.74. The van der Waals surface area contributed by atoms with Crippen molar-refractivity contribution in [2.75, 3.05) is 5.32 Å². The van der Waals surface area contributed by atoms with Crippen LogP contribution in [0.1, 0.15) is 0 Å². The van der Waals surface area contributed by atoms with Crippen molar-refractivity contribution in [3.63, 3.8) is 0 Å². The number of hydrogen-bond donors (Lipinski definition) is 1. The molecule has 4 rings (SSSR count). The Labute approximate surface area is 143 Å². The summed E-state index contributed by atoms with van der Waals surface area (Å²) in [6.07, 6.45) is 8.49. The second kappa shape index (κ2) is 6.79. The lowest BCUT2D eigenvalue weighted by atomic mass is 10.2. The van der Waals surface area contributed by atoms with Gasteiger partial charge < -0.3 is 5.32 Å². The van der Waals surface area contributed by atoms with Gasteiger partial charge >= 0.3 is 0 Å². The van der Waals surface area contributed by atoms with E-state index in [1.807, 2.05) is 36.4 Å². The molecule has 0 bridgehead atoms. The Morgan fingerprint density at radius 1 is 0.720 bits per heavy atom. The fourth-order valence-electron chi connectivity index (χ4n) is 2.26. The molecule has 0 aliphatic carbocycles. The van der Waals surface area contributed by atoms with Gasteiger partial charge in [0.1, 0.15) is 5.82 Å². The molecule has 0 aliphatic rings. The van der Waals surface area contributed by atoms with E-state index in [2.05, 4.69) is 35.2 Å². The third kappa shape index (κ3) is 3.45. The molecule has 0 unspecified atom stereocenters. The summed E-state index contributed by atoms with van der Waals surface area (Å²) in [4.78, 5) is 26.0. The minimum atomic E-state index is 0.463. The number of aromatic nitrogens is 6. The van der Waals surface area contributed by atoms with E-state index in [-0.39, 0.29) is 0 Å². The monoisotopic (exact) mass is 327 g/mol. The van der Waals surface area contributed by atoms with Crippen LogP contribution in [0.4, 0.5) is 11.8 Å². The van der Waals surface area contributed by atoms with E-state index < -0.39 is 0 Å². The van der Waals surface area contributed by atoms with E-state index in [9.17, 15) is 0 Å². The quantitative estimate of drug-likeness (QED) is 0.616. The van der Waals surface area contributed by atoms with Gasteiger partial charge in [-0.25, -0.2) is 19.9 Å². The van der Waals surface area contributed by atoms with Gasteiger partial charge in [-0.2, -0.15) is 0 Å². The molecule has 0 atom stereocenters. The number of hydrogen-bond acceptors (Lipinski definition) is 7. The first-order valence-electron chi connectivity index (χ1n) is 7.63. The maximum absolute atomic E-state index is 4.62. The van der Waals surface area contributed by atoms with Gasteiger partial charge in [-0.1, -0.05) is 6.07 Å². The van der Waals surface area contributed by atoms with Crippen molar-refractivity contribution < 1.29 is 0 Å². The molecule has 4 aromatic rings. The average molecular weight is 327 g/mol. The van der Waals surface area contributed by atoms with Crippen LogP contribution in [-0.2, 0) is 0 Å². The fraction of sp³-hybridized carbons (Fsp3) is 0. The Kier molecular flexibility index (Phi) is 4.03. The first-order chi connectivity index (χ1) is 12.4. The van der Waals surface area contributed by atoms with E-state index in [1.165, 1.54) is 0 Å². The molecule has 0 spiro atoms. The molecule has 7 heteroatoms. The Bertz CT molecular complexity index is 903. The SMILES string of the molecule is c1ccc(-c2cc(Nc3ncccn3)nc(-c3cccnc3)n2)nc1. The number of nitrogens with zero attached hydrogens (tertiary/aromatic N) is 6. The molecule has 25 heavy (non-hydrogen) atoms. The molecule has 0 aromatic carbocycles. The Morgan fingerprint density at radius 2 is 1.60 bits per heavy atom. The Balaban J connectivity index is 1.80. The van der Waals surface area contributed by atoms with Crippen molar-refractivity contribution in [2.24, 2.45) is 0 Å². The van der Waals surface area contributed by atoms with Crippen LogP contribution in [0.5, 0.6) is 0 Å². The fourth-order valence-corrected chi connectivity index (χ4v) is 2.26. The van der Waals surface area contributed by atoms with E-state index in [0.29, 0.717) is 23.3 Å². The largest absolute Gasteiger partial charge is 0.309 e. The molecule has 4 heterocycles. The molecule has 0 saturated heterocycles. The molecule has 0 fully saturated rings. The van der Waals surface area contributed by atoms with Crippen molar-refractivity contribution >= 4 is 11.8 Å². The van der Waals surface area contributed by atoms with Gasteiger partial charge in [0.15, 0.2) is 5.82 Å². The lowest BCUT2D eigenvalue weighted by Crippen LogP contribution is -2.02. The highest BCUT2D eigenvalue weighted by Crippen LogP contribution is 2.23. The third-order valence-corrected chi connectivity index (χ3v) is 3.38. The van der Waals surface area contributed by atoms with Crippen LogP contribution < -0.4 is 5.32 Å². The summed E-state index contributed by atoms with van der Waals surface area (Å²) in [5, 5.41) is 3.10. The number of nitrogens with one attached hydrogen (secondary N) is 1. The van der Waals surface area contributed by atoms with Gasteiger partial charge in [-0.3, -0.25) is 9.97 Å². The lowest BCUT2D eigenvalue weighted by Gasteiger charge is -2.09. The van der Waals surface area contributed by atoms with Gasteiger partial charge in [0.05, 0.1) is 11.4 Å². The summed E-state index contributed by atoms with van der Waals surface area (Å²) in [7, 11) is 0. The van der Waals surface area contributed by atoms with Crippen LogP contribution in [-0.4, -0.2) is 29.9 Å². The first kappa shape index (κ1) is 14.8. The van der Waals surface area contributed by atoms with Crippen LogP contribution in [0.25, 0.3) is 22.8 Å². The number of rotatable bonds is 4. The second-order valence-electron chi connectivity index (χ2n) is 5.12. The van der Waals surface area contributed by atoms with E-state index >= 15 is 0 Å².